The number of carbonyl (C=O) groups excluding carboxylic acids is 1. The number of pyridine rings is 1. The lowest BCUT2D eigenvalue weighted by Crippen LogP contribution is -2.44. The molecule has 9 nitrogen and oxygen atoms in total. The molecule has 0 spiro atoms. The molecule has 0 radical (unpaired) electrons. The van der Waals surface area contributed by atoms with Crippen molar-refractivity contribution < 1.29 is 9.53 Å². The maximum absolute atomic E-state index is 14.1. The molecule has 1 N–H and O–H groups in total. The maximum atomic E-state index is 14.1. The van der Waals surface area contributed by atoms with Crippen molar-refractivity contribution in [1.29, 1.82) is 0 Å². The minimum atomic E-state index is -0.152. The fourth-order valence-electron chi connectivity index (χ4n) is 4.93. The van der Waals surface area contributed by atoms with Crippen LogP contribution in [0.25, 0.3) is 11.0 Å². The van der Waals surface area contributed by atoms with E-state index in [1.54, 1.807) is 18.1 Å². The molecule has 5 rings (SSSR count). The van der Waals surface area contributed by atoms with Crippen LogP contribution in [-0.4, -0.2) is 53.8 Å². The van der Waals surface area contributed by atoms with Gasteiger partial charge in [-0.25, -0.2) is 4.98 Å². The molecule has 0 aliphatic carbocycles. The van der Waals surface area contributed by atoms with Gasteiger partial charge in [-0.3, -0.25) is 14.2 Å². The predicted molar refractivity (Wildman–Crippen MR) is 133 cm³/mol. The zero-order valence-electron chi connectivity index (χ0n) is 19.5. The van der Waals surface area contributed by atoms with Crippen LogP contribution in [0.4, 0.5) is 23.0 Å². The van der Waals surface area contributed by atoms with Crippen LogP contribution in [0.15, 0.2) is 47.9 Å². The molecule has 2 aliphatic heterocycles. The van der Waals surface area contributed by atoms with E-state index in [0.717, 1.165) is 35.2 Å². The van der Waals surface area contributed by atoms with Crippen molar-refractivity contribution in [2.45, 2.75) is 25.8 Å². The minimum absolute atomic E-state index is 0.0103. The Labute approximate surface area is 197 Å². The lowest BCUT2D eigenvalue weighted by Gasteiger charge is -2.38. The first-order valence-electron chi connectivity index (χ1n) is 11.5. The first-order chi connectivity index (χ1) is 16.5. The summed E-state index contributed by atoms with van der Waals surface area (Å²) in [6.45, 7) is 7.78. The number of aryl methyl sites for hydroxylation is 1. The Morgan fingerprint density at radius 2 is 2.03 bits per heavy atom. The van der Waals surface area contributed by atoms with Gasteiger partial charge in [-0.05, 0) is 43.5 Å². The molecule has 0 saturated carbocycles. The molecule has 9 heteroatoms. The fourth-order valence-corrected chi connectivity index (χ4v) is 4.93. The van der Waals surface area contributed by atoms with Gasteiger partial charge in [-0.15, -0.1) is 0 Å². The number of aromatic nitrogens is 3. The zero-order valence-corrected chi connectivity index (χ0v) is 19.5. The van der Waals surface area contributed by atoms with E-state index in [1.807, 2.05) is 40.7 Å². The number of nitrogens with zero attached hydrogens (tertiary/aromatic N) is 5. The van der Waals surface area contributed by atoms with Crippen LogP contribution < -0.4 is 20.7 Å². The average Bonchev–Trinajstić information content (AvgIpc) is 2.87. The smallest absolute Gasteiger partial charge is 0.276 e. The fraction of sp³-hybridized carbons (Fsp3) is 0.360. The average molecular weight is 461 g/mol. The van der Waals surface area contributed by atoms with Gasteiger partial charge in [0.05, 0.1) is 11.4 Å². The Kier molecular flexibility index (Phi) is 5.79. The summed E-state index contributed by atoms with van der Waals surface area (Å²) in [7, 11) is 1.76. The number of amides is 1. The topological polar surface area (TPSA) is 92.6 Å². The normalized spacial score (nSPS) is 16.4. The molecule has 4 heterocycles. The molecule has 0 atom stereocenters. The SMILES string of the molecule is C=CC(=O)N1CCN(c2cc3cnc(NC)nc3n(C3CCOCC3)c2=O)c2cccc(C)c21. The highest BCUT2D eigenvalue weighted by molar-refractivity contribution is 6.05. The van der Waals surface area contributed by atoms with Crippen molar-refractivity contribution in [3.8, 4) is 0 Å². The van der Waals surface area contributed by atoms with Crippen molar-refractivity contribution in [2.75, 3.05) is 48.5 Å². The van der Waals surface area contributed by atoms with Crippen LogP contribution in [0.5, 0.6) is 0 Å². The second-order valence-corrected chi connectivity index (χ2v) is 8.56. The summed E-state index contributed by atoms with van der Waals surface area (Å²) < 4.78 is 7.36. The van der Waals surface area contributed by atoms with Crippen LogP contribution in [-0.2, 0) is 9.53 Å². The van der Waals surface area contributed by atoms with Gasteiger partial charge in [0.15, 0.2) is 0 Å². The Morgan fingerprint density at radius 3 is 2.76 bits per heavy atom. The number of para-hydroxylation sites is 1. The molecule has 176 valence electrons. The Hall–Kier alpha value is -3.72. The number of carbonyl (C=O) groups is 1. The van der Waals surface area contributed by atoms with Crippen molar-refractivity contribution in [2.24, 2.45) is 0 Å². The van der Waals surface area contributed by atoms with E-state index in [9.17, 15) is 9.59 Å². The molecular formula is C25H28N6O3. The van der Waals surface area contributed by atoms with Crippen molar-refractivity contribution in [3.05, 3.63) is 59.0 Å². The number of hydrogen-bond donors (Lipinski definition) is 1. The van der Waals surface area contributed by atoms with E-state index >= 15 is 0 Å². The number of hydrogen-bond acceptors (Lipinski definition) is 7. The summed E-state index contributed by atoms with van der Waals surface area (Å²) >= 11 is 0. The lowest BCUT2D eigenvalue weighted by atomic mass is 10.1. The third-order valence-corrected chi connectivity index (χ3v) is 6.59. The molecule has 2 aliphatic rings. The largest absolute Gasteiger partial charge is 0.381 e. The standard InChI is InChI=1S/C25H28N6O3/c1-4-21(32)30-11-10-29(19-7-5-6-16(2)22(19)30)20-14-17-15-27-25(26-3)28-23(17)31(24(20)33)18-8-12-34-13-9-18/h4-7,14-15,18H,1,8-13H2,2-3H3,(H,26,27,28). The Balaban J connectivity index is 1.72. The number of fused-ring (bicyclic) bond motifs is 2. The van der Waals surface area contributed by atoms with E-state index < -0.39 is 0 Å². The van der Waals surface area contributed by atoms with E-state index in [0.29, 0.717) is 43.6 Å². The zero-order chi connectivity index (χ0) is 23.8. The van der Waals surface area contributed by atoms with Gasteiger partial charge in [0.2, 0.25) is 5.95 Å². The van der Waals surface area contributed by atoms with E-state index in [2.05, 4.69) is 21.9 Å². The van der Waals surface area contributed by atoms with E-state index in [-0.39, 0.29) is 17.5 Å². The monoisotopic (exact) mass is 460 g/mol. The molecular weight excluding hydrogens is 432 g/mol. The van der Waals surface area contributed by atoms with Crippen molar-refractivity contribution in [1.82, 2.24) is 14.5 Å². The van der Waals surface area contributed by atoms with E-state index in [1.165, 1.54) is 6.08 Å². The molecule has 0 bridgehead atoms. The summed E-state index contributed by atoms with van der Waals surface area (Å²) in [5.74, 6) is 0.319. The first kappa shape index (κ1) is 22.1. The Morgan fingerprint density at radius 1 is 1.24 bits per heavy atom. The first-order valence-corrected chi connectivity index (χ1v) is 11.5. The molecule has 1 saturated heterocycles. The second-order valence-electron chi connectivity index (χ2n) is 8.56. The van der Waals surface area contributed by atoms with Gasteiger partial charge in [-0.2, -0.15) is 4.98 Å². The van der Waals surface area contributed by atoms with Gasteiger partial charge in [0.25, 0.3) is 11.5 Å². The highest BCUT2D eigenvalue weighted by Crippen LogP contribution is 2.40. The third-order valence-electron chi connectivity index (χ3n) is 6.59. The Bertz CT molecular complexity index is 1330. The molecule has 1 aromatic carbocycles. The number of ether oxygens (including phenoxy) is 1. The quantitative estimate of drug-likeness (QED) is 0.598. The lowest BCUT2D eigenvalue weighted by molar-refractivity contribution is -0.114. The van der Waals surface area contributed by atoms with Crippen LogP contribution in [0.1, 0.15) is 24.4 Å². The van der Waals surface area contributed by atoms with Crippen molar-refractivity contribution in [3.63, 3.8) is 0 Å². The number of benzene rings is 1. The van der Waals surface area contributed by atoms with Crippen LogP contribution in [0, 0.1) is 6.92 Å². The summed E-state index contributed by atoms with van der Waals surface area (Å²) in [5, 5.41) is 3.76. The molecule has 0 unspecified atom stereocenters. The van der Waals surface area contributed by atoms with Gasteiger partial charge in [0, 0.05) is 51.0 Å². The predicted octanol–water partition coefficient (Wildman–Crippen LogP) is 3.16. The molecule has 1 fully saturated rings. The summed E-state index contributed by atoms with van der Waals surface area (Å²) in [6.07, 6.45) is 4.57. The number of nitrogens with one attached hydrogen (secondary N) is 1. The molecule has 3 aromatic rings. The maximum Gasteiger partial charge on any atom is 0.276 e. The minimum Gasteiger partial charge on any atom is -0.381 e. The van der Waals surface area contributed by atoms with Gasteiger partial charge < -0.3 is 19.9 Å². The summed E-state index contributed by atoms with van der Waals surface area (Å²) in [4.78, 5) is 39.4. The second kappa shape index (κ2) is 8.90. The van der Waals surface area contributed by atoms with Crippen molar-refractivity contribution >= 4 is 40.0 Å². The molecule has 34 heavy (non-hydrogen) atoms. The third kappa shape index (κ3) is 3.62. The van der Waals surface area contributed by atoms with Crippen LogP contribution in [0.3, 0.4) is 0 Å². The van der Waals surface area contributed by atoms with Gasteiger partial charge in [-0.1, -0.05) is 18.7 Å². The van der Waals surface area contributed by atoms with Crippen LogP contribution in [0.2, 0.25) is 0 Å². The number of anilines is 4. The van der Waals surface area contributed by atoms with Crippen LogP contribution >= 0.6 is 0 Å². The summed E-state index contributed by atoms with van der Waals surface area (Å²) in [5.41, 5.74) is 3.66. The van der Waals surface area contributed by atoms with E-state index in [4.69, 9.17) is 4.74 Å². The highest BCUT2D eigenvalue weighted by atomic mass is 16.5. The molecule has 2 aromatic heterocycles. The number of rotatable bonds is 4. The van der Waals surface area contributed by atoms with Gasteiger partial charge in [0.1, 0.15) is 11.3 Å². The van der Waals surface area contributed by atoms with Gasteiger partial charge >= 0.3 is 0 Å². The summed E-state index contributed by atoms with van der Waals surface area (Å²) in [6, 6.07) is 7.73. The molecule has 1 amide bonds. The highest BCUT2D eigenvalue weighted by Gasteiger charge is 2.31.